The quantitative estimate of drug-likeness (QED) is 0.289. The lowest BCUT2D eigenvalue weighted by Crippen LogP contribution is -2.47. The maximum atomic E-state index is 11.1. The van der Waals surface area contributed by atoms with E-state index in [1.807, 2.05) is 0 Å². The molecular formula is C28H48O9. The first-order valence-corrected chi connectivity index (χ1v) is 13.9. The third-order valence-electron chi connectivity index (χ3n) is 8.66. The standard InChI is InChI=1S/C28H48O9/c1-19(29)33-17-7-13-25(3,31)21-11-15-27(5,36-21)23-9-10-24(35-23)28(6)16-12-22(37-28)26(4,32)14-8-18-34-20(2)30/h21-24,31-32H,7-18H2,1-6H3. The van der Waals surface area contributed by atoms with Gasteiger partial charge in [-0.25, -0.2) is 0 Å². The molecule has 0 aromatic rings. The smallest absolute Gasteiger partial charge is 0.302 e. The van der Waals surface area contributed by atoms with Gasteiger partial charge in [-0.15, -0.1) is 0 Å². The average molecular weight is 529 g/mol. The lowest BCUT2D eigenvalue weighted by Gasteiger charge is -2.38. The van der Waals surface area contributed by atoms with Gasteiger partial charge in [0.15, 0.2) is 0 Å². The van der Waals surface area contributed by atoms with Crippen molar-refractivity contribution in [3.63, 3.8) is 0 Å². The fraction of sp³-hybridized carbons (Fsp3) is 0.929. The summed E-state index contributed by atoms with van der Waals surface area (Å²) < 4.78 is 29.5. The van der Waals surface area contributed by atoms with E-state index in [0.29, 0.717) is 38.9 Å². The van der Waals surface area contributed by atoms with E-state index >= 15 is 0 Å². The molecule has 0 aromatic heterocycles. The van der Waals surface area contributed by atoms with E-state index in [0.717, 1.165) is 38.5 Å². The van der Waals surface area contributed by atoms with Gasteiger partial charge in [0.25, 0.3) is 0 Å². The summed E-state index contributed by atoms with van der Waals surface area (Å²) in [6.45, 7) is 11.1. The first kappa shape index (κ1) is 30.3. The van der Waals surface area contributed by atoms with Gasteiger partial charge in [-0.05, 0) is 91.9 Å². The zero-order valence-electron chi connectivity index (χ0n) is 23.5. The van der Waals surface area contributed by atoms with Gasteiger partial charge >= 0.3 is 11.9 Å². The second kappa shape index (κ2) is 11.9. The molecule has 0 bridgehead atoms. The number of esters is 2. The summed E-state index contributed by atoms with van der Waals surface area (Å²) in [7, 11) is 0. The van der Waals surface area contributed by atoms with Gasteiger partial charge in [0.1, 0.15) is 0 Å². The highest BCUT2D eigenvalue weighted by atomic mass is 16.6. The Bertz CT molecular complexity index is 733. The zero-order valence-corrected chi connectivity index (χ0v) is 23.5. The first-order valence-electron chi connectivity index (χ1n) is 13.9. The Morgan fingerprint density at radius 3 is 1.51 bits per heavy atom. The lowest BCUT2D eigenvalue weighted by atomic mass is 9.88. The molecule has 8 atom stereocenters. The predicted octanol–water partition coefficient (Wildman–Crippen LogP) is 3.60. The van der Waals surface area contributed by atoms with Crippen molar-refractivity contribution in [1.29, 1.82) is 0 Å². The van der Waals surface area contributed by atoms with Crippen molar-refractivity contribution >= 4 is 11.9 Å². The van der Waals surface area contributed by atoms with Crippen LogP contribution >= 0.6 is 0 Å². The summed E-state index contributed by atoms with van der Waals surface area (Å²) in [6.07, 6.45) is 6.13. The van der Waals surface area contributed by atoms with Crippen LogP contribution in [0.1, 0.15) is 106 Å². The van der Waals surface area contributed by atoms with Crippen molar-refractivity contribution < 1.29 is 43.5 Å². The van der Waals surface area contributed by atoms with Crippen LogP contribution in [0.3, 0.4) is 0 Å². The molecule has 3 rings (SSSR count). The predicted molar refractivity (Wildman–Crippen MR) is 136 cm³/mol. The molecule has 8 unspecified atom stereocenters. The van der Waals surface area contributed by atoms with Crippen molar-refractivity contribution in [3.8, 4) is 0 Å². The van der Waals surface area contributed by atoms with Crippen LogP contribution in [-0.2, 0) is 33.3 Å². The summed E-state index contributed by atoms with van der Waals surface area (Å²) >= 11 is 0. The third kappa shape index (κ3) is 7.66. The summed E-state index contributed by atoms with van der Waals surface area (Å²) in [4.78, 5) is 22.0. The van der Waals surface area contributed by atoms with Crippen molar-refractivity contribution in [1.82, 2.24) is 0 Å². The molecule has 0 aromatic carbocycles. The van der Waals surface area contributed by atoms with Gasteiger partial charge in [0.05, 0.1) is 60.0 Å². The minimum atomic E-state index is -1.01. The topological polar surface area (TPSA) is 121 Å². The van der Waals surface area contributed by atoms with Gasteiger partial charge in [0, 0.05) is 13.8 Å². The van der Waals surface area contributed by atoms with Gasteiger partial charge in [-0.3, -0.25) is 9.59 Å². The van der Waals surface area contributed by atoms with Crippen molar-refractivity contribution in [2.75, 3.05) is 13.2 Å². The van der Waals surface area contributed by atoms with Crippen molar-refractivity contribution in [3.05, 3.63) is 0 Å². The number of aliphatic hydroxyl groups is 2. The molecule has 2 N–H and O–H groups in total. The largest absolute Gasteiger partial charge is 0.466 e. The summed E-state index contributed by atoms with van der Waals surface area (Å²) in [5, 5.41) is 22.1. The molecule has 3 fully saturated rings. The molecule has 0 radical (unpaired) electrons. The molecule has 0 aliphatic carbocycles. The second-order valence-electron chi connectivity index (χ2n) is 12.2. The molecule has 9 heteroatoms. The monoisotopic (exact) mass is 528 g/mol. The van der Waals surface area contributed by atoms with Crippen LogP contribution < -0.4 is 0 Å². The average Bonchev–Trinajstić information content (AvgIpc) is 3.54. The van der Waals surface area contributed by atoms with E-state index in [2.05, 4.69) is 13.8 Å². The summed E-state index contributed by atoms with van der Waals surface area (Å²) in [6, 6.07) is 0. The number of ether oxygens (including phenoxy) is 5. The Kier molecular flexibility index (Phi) is 9.71. The van der Waals surface area contributed by atoms with Crippen LogP contribution in [0.4, 0.5) is 0 Å². The molecule has 3 aliphatic rings. The number of rotatable bonds is 12. The number of carbonyl (C=O) groups is 2. The highest BCUT2D eigenvalue weighted by molar-refractivity contribution is 5.66. The van der Waals surface area contributed by atoms with Crippen LogP contribution in [0.5, 0.6) is 0 Å². The SMILES string of the molecule is CC(=O)OCCCC(C)(O)C1CCC(C)(C2CCC(C3(C)CCC(C(C)(O)CCCOC(C)=O)O3)O2)O1. The van der Waals surface area contributed by atoms with Gasteiger partial charge < -0.3 is 33.9 Å². The zero-order chi connectivity index (χ0) is 27.5. The fourth-order valence-corrected chi connectivity index (χ4v) is 6.22. The van der Waals surface area contributed by atoms with Gasteiger partial charge in [-0.1, -0.05) is 0 Å². The summed E-state index contributed by atoms with van der Waals surface area (Å²) in [5.41, 5.74) is -3.00. The number of hydrogen-bond donors (Lipinski definition) is 2. The molecular weight excluding hydrogens is 480 g/mol. The van der Waals surface area contributed by atoms with Gasteiger partial charge in [-0.2, -0.15) is 0 Å². The first-order chi connectivity index (χ1) is 17.2. The normalized spacial score (nSPS) is 37.2. The van der Waals surface area contributed by atoms with E-state index in [1.165, 1.54) is 13.8 Å². The maximum absolute atomic E-state index is 11.1. The molecule has 0 saturated carbocycles. The Balaban J connectivity index is 1.50. The van der Waals surface area contributed by atoms with E-state index in [1.54, 1.807) is 13.8 Å². The maximum Gasteiger partial charge on any atom is 0.302 e. The third-order valence-corrected chi connectivity index (χ3v) is 8.66. The van der Waals surface area contributed by atoms with Crippen LogP contribution in [0.25, 0.3) is 0 Å². The molecule has 3 aliphatic heterocycles. The van der Waals surface area contributed by atoms with E-state index < -0.39 is 22.4 Å². The minimum absolute atomic E-state index is 0.0944. The van der Waals surface area contributed by atoms with Crippen LogP contribution in [-0.4, -0.2) is 82.2 Å². The Labute approximate surface area is 221 Å². The van der Waals surface area contributed by atoms with Crippen molar-refractivity contribution in [2.24, 2.45) is 0 Å². The van der Waals surface area contributed by atoms with E-state index in [9.17, 15) is 19.8 Å². The van der Waals surface area contributed by atoms with Crippen LogP contribution in [0, 0.1) is 0 Å². The van der Waals surface area contributed by atoms with Crippen molar-refractivity contribution in [2.45, 2.75) is 153 Å². The highest BCUT2D eigenvalue weighted by Crippen LogP contribution is 2.48. The minimum Gasteiger partial charge on any atom is -0.466 e. The number of hydrogen-bond acceptors (Lipinski definition) is 9. The molecule has 3 saturated heterocycles. The van der Waals surface area contributed by atoms with Gasteiger partial charge in [0.2, 0.25) is 0 Å². The van der Waals surface area contributed by atoms with Crippen LogP contribution in [0.2, 0.25) is 0 Å². The molecule has 214 valence electrons. The van der Waals surface area contributed by atoms with Crippen LogP contribution in [0.15, 0.2) is 0 Å². The Morgan fingerprint density at radius 2 is 1.16 bits per heavy atom. The Morgan fingerprint density at radius 1 is 0.784 bits per heavy atom. The second-order valence-corrected chi connectivity index (χ2v) is 12.2. The molecule has 0 amide bonds. The Hall–Kier alpha value is -1.26. The number of carbonyl (C=O) groups excluding carboxylic acids is 2. The fourth-order valence-electron chi connectivity index (χ4n) is 6.22. The molecule has 3 heterocycles. The molecule has 0 spiro atoms. The summed E-state index contributed by atoms with van der Waals surface area (Å²) in [5.74, 6) is -0.627. The van der Waals surface area contributed by atoms with E-state index in [-0.39, 0.29) is 36.4 Å². The highest BCUT2D eigenvalue weighted by Gasteiger charge is 2.55. The van der Waals surface area contributed by atoms with E-state index in [4.69, 9.17) is 23.7 Å². The molecule has 9 nitrogen and oxygen atoms in total. The lowest BCUT2D eigenvalue weighted by molar-refractivity contribution is -0.200. The molecule has 37 heavy (non-hydrogen) atoms.